The molecular formula is C19H26O3. The van der Waals surface area contributed by atoms with E-state index in [-0.39, 0.29) is 5.97 Å². The van der Waals surface area contributed by atoms with Crippen LogP contribution in [0.15, 0.2) is 41.5 Å². The van der Waals surface area contributed by atoms with Crippen LogP contribution in [-0.2, 0) is 11.2 Å². The lowest BCUT2D eigenvalue weighted by molar-refractivity contribution is 0.0600. The largest absolute Gasteiger partial charge is 0.496 e. The third-order valence-corrected chi connectivity index (χ3v) is 3.46. The molecule has 0 unspecified atom stereocenters. The molecule has 0 spiro atoms. The first-order valence-electron chi connectivity index (χ1n) is 7.52. The van der Waals surface area contributed by atoms with Gasteiger partial charge < -0.3 is 9.47 Å². The van der Waals surface area contributed by atoms with Gasteiger partial charge in [0.05, 0.1) is 19.8 Å². The Labute approximate surface area is 133 Å². The second-order valence-corrected chi connectivity index (χ2v) is 5.59. The summed E-state index contributed by atoms with van der Waals surface area (Å²) in [6.45, 7) is 6.36. The van der Waals surface area contributed by atoms with Crippen LogP contribution < -0.4 is 4.74 Å². The van der Waals surface area contributed by atoms with Crippen LogP contribution in [0.25, 0.3) is 0 Å². The highest BCUT2D eigenvalue weighted by Crippen LogP contribution is 2.22. The molecule has 0 aliphatic carbocycles. The molecule has 0 saturated heterocycles. The van der Waals surface area contributed by atoms with Gasteiger partial charge in [-0.3, -0.25) is 0 Å². The highest BCUT2D eigenvalue weighted by molar-refractivity contribution is 5.89. The van der Waals surface area contributed by atoms with Crippen molar-refractivity contribution in [3.8, 4) is 5.75 Å². The average Bonchev–Trinajstić information content (AvgIpc) is 2.51. The number of hydrogen-bond donors (Lipinski definition) is 0. The smallest absolute Gasteiger partial charge is 0.337 e. The maximum Gasteiger partial charge on any atom is 0.337 e. The molecule has 1 rings (SSSR count). The number of allylic oxidation sites excluding steroid dienone is 4. The average molecular weight is 302 g/mol. The lowest BCUT2D eigenvalue weighted by Crippen LogP contribution is -2.03. The standard InChI is InChI=1S/C19H26O3/c1-14(2)7-6-8-15(3)9-10-16-13-17(19(20)22-5)11-12-18(16)21-4/h7,9,11-13H,6,8,10H2,1-5H3. The van der Waals surface area contributed by atoms with Crippen molar-refractivity contribution in [1.29, 1.82) is 0 Å². The summed E-state index contributed by atoms with van der Waals surface area (Å²) >= 11 is 0. The normalized spacial score (nSPS) is 11.0. The van der Waals surface area contributed by atoms with Crippen molar-refractivity contribution in [3.05, 3.63) is 52.6 Å². The summed E-state index contributed by atoms with van der Waals surface area (Å²) in [7, 11) is 3.03. The van der Waals surface area contributed by atoms with E-state index in [9.17, 15) is 4.79 Å². The molecule has 0 radical (unpaired) electrons. The molecule has 22 heavy (non-hydrogen) atoms. The van der Waals surface area contributed by atoms with E-state index in [1.165, 1.54) is 18.3 Å². The van der Waals surface area contributed by atoms with E-state index in [0.717, 1.165) is 30.6 Å². The molecule has 3 nitrogen and oxygen atoms in total. The monoisotopic (exact) mass is 302 g/mol. The van der Waals surface area contributed by atoms with Gasteiger partial charge in [0.2, 0.25) is 0 Å². The fraction of sp³-hybridized carbons (Fsp3) is 0.421. The summed E-state index contributed by atoms with van der Waals surface area (Å²) in [6.07, 6.45) is 7.29. The van der Waals surface area contributed by atoms with E-state index in [0.29, 0.717) is 5.56 Å². The van der Waals surface area contributed by atoms with Crippen molar-refractivity contribution in [2.24, 2.45) is 0 Å². The highest BCUT2D eigenvalue weighted by atomic mass is 16.5. The second kappa shape index (κ2) is 9.08. The van der Waals surface area contributed by atoms with Gasteiger partial charge in [0, 0.05) is 0 Å². The van der Waals surface area contributed by atoms with Crippen molar-refractivity contribution >= 4 is 5.97 Å². The van der Waals surface area contributed by atoms with Crippen molar-refractivity contribution < 1.29 is 14.3 Å². The number of ether oxygens (including phenoxy) is 2. The summed E-state index contributed by atoms with van der Waals surface area (Å²) in [5.41, 5.74) is 4.23. The quantitative estimate of drug-likeness (QED) is 0.540. The molecule has 0 aromatic heterocycles. The molecule has 0 N–H and O–H groups in total. The predicted octanol–water partition coefficient (Wildman–Crippen LogP) is 4.72. The lowest BCUT2D eigenvalue weighted by Gasteiger charge is -2.09. The van der Waals surface area contributed by atoms with Crippen LogP contribution >= 0.6 is 0 Å². The van der Waals surface area contributed by atoms with Gasteiger partial charge >= 0.3 is 5.97 Å². The molecule has 1 aromatic rings. The van der Waals surface area contributed by atoms with E-state index in [1.54, 1.807) is 13.2 Å². The van der Waals surface area contributed by atoms with Gasteiger partial charge in [-0.25, -0.2) is 4.79 Å². The van der Waals surface area contributed by atoms with Crippen LogP contribution in [0.2, 0.25) is 0 Å². The first-order chi connectivity index (χ1) is 10.5. The second-order valence-electron chi connectivity index (χ2n) is 5.59. The maximum absolute atomic E-state index is 11.6. The van der Waals surface area contributed by atoms with E-state index >= 15 is 0 Å². The van der Waals surface area contributed by atoms with Gasteiger partial charge in [0.15, 0.2) is 0 Å². The first-order valence-corrected chi connectivity index (χ1v) is 7.52. The molecule has 120 valence electrons. The molecular weight excluding hydrogens is 276 g/mol. The van der Waals surface area contributed by atoms with Crippen LogP contribution in [0, 0.1) is 0 Å². The van der Waals surface area contributed by atoms with Gasteiger partial charge in [-0.2, -0.15) is 0 Å². The third-order valence-electron chi connectivity index (χ3n) is 3.46. The number of carbonyl (C=O) groups is 1. The van der Waals surface area contributed by atoms with Crippen molar-refractivity contribution in [3.63, 3.8) is 0 Å². The summed E-state index contributed by atoms with van der Waals surface area (Å²) < 4.78 is 10.1. The summed E-state index contributed by atoms with van der Waals surface area (Å²) in [5, 5.41) is 0. The Bertz CT molecular complexity index is 564. The molecule has 0 aliphatic heterocycles. The Balaban J connectivity index is 2.82. The molecule has 0 atom stereocenters. The van der Waals surface area contributed by atoms with E-state index in [1.807, 2.05) is 12.1 Å². The molecule has 3 heteroatoms. The number of benzene rings is 1. The summed E-state index contributed by atoms with van der Waals surface area (Å²) in [6, 6.07) is 5.37. The highest BCUT2D eigenvalue weighted by Gasteiger charge is 2.09. The fourth-order valence-electron chi connectivity index (χ4n) is 2.16. The van der Waals surface area contributed by atoms with Crippen LogP contribution in [0.1, 0.15) is 49.5 Å². The zero-order valence-corrected chi connectivity index (χ0v) is 14.2. The minimum Gasteiger partial charge on any atom is -0.496 e. The zero-order valence-electron chi connectivity index (χ0n) is 14.2. The van der Waals surface area contributed by atoms with Gasteiger partial charge in [-0.15, -0.1) is 0 Å². The molecule has 0 amide bonds. The number of carbonyl (C=O) groups excluding carboxylic acids is 1. The molecule has 0 aliphatic rings. The van der Waals surface area contributed by atoms with Crippen LogP contribution in [0.4, 0.5) is 0 Å². The van der Waals surface area contributed by atoms with Crippen molar-refractivity contribution in [1.82, 2.24) is 0 Å². The van der Waals surface area contributed by atoms with Crippen LogP contribution in [0.3, 0.4) is 0 Å². The van der Waals surface area contributed by atoms with Gasteiger partial charge in [0.25, 0.3) is 0 Å². The molecule has 0 saturated carbocycles. The fourth-order valence-corrected chi connectivity index (χ4v) is 2.16. The van der Waals surface area contributed by atoms with Crippen LogP contribution in [0.5, 0.6) is 5.75 Å². The van der Waals surface area contributed by atoms with Gasteiger partial charge in [0.1, 0.15) is 5.75 Å². The topological polar surface area (TPSA) is 35.5 Å². The Morgan fingerprint density at radius 1 is 1.14 bits per heavy atom. The molecule has 0 heterocycles. The Hall–Kier alpha value is -2.03. The molecule has 0 bridgehead atoms. The number of rotatable bonds is 7. The SMILES string of the molecule is COC(=O)c1ccc(OC)c(CC=C(C)CCC=C(C)C)c1. The van der Waals surface area contributed by atoms with Crippen LogP contribution in [-0.4, -0.2) is 20.2 Å². The summed E-state index contributed by atoms with van der Waals surface area (Å²) in [4.78, 5) is 11.6. The minimum absolute atomic E-state index is 0.326. The van der Waals surface area contributed by atoms with Crippen molar-refractivity contribution in [2.45, 2.75) is 40.0 Å². The summed E-state index contributed by atoms with van der Waals surface area (Å²) in [5.74, 6) is 0.467. The lowest BCUT2D eigenvalue weighted by atomic mass is 10.0. The number of hydrogen-bond acceptors (Lipinski definition) is 3. The molecule has 0 fully saturated rings. The minimum atomic E-state index is -0.326. The van der Waals surface area contributed by atoms with E-state index in [2.05, 4.69) is 32.9 Å². The Morgan fingerprint density at radius 3 is 2.45 bits per heavy atom. The number of methoxy groups -OCH3 is 2. The van der Waals surface area contributed by atoms with Gasteiger partial charge in [-0.05, 0) is 63.8 Å². The van der Waals surface area contributed by atoms with Crippen molar-refractivity contribution in [2.75, 3.05) is 14.2 Å². The molecule has 1 aromatic carbocycles. The predicted molar refractivity (Wildman–Crippen MR) is 90.5 cm³/mol. The zero-order chi connectivity index (χ0) is 16.5. The maximum atomic E-state index is 11.6. The third kappa shape index (κ3) is 5.76. The first kappa shape index (κ1) is 18.0. The van der Waals surface area contributed by atoms with E-state index in [4.69, 9.17) is 9.47 Å². The number of esters is 1. The van der Waals surface area contributed by atoms with Gasteiger partial charge in [-0.1, -0.05) is 23.3 Å². The Morgan fingerprint density at radius 2 is 1.86 bits per heavy atom. The Kier molecular flexibility index (Phi) is 7.44. The van der Waals surface area contributed by atoms with E-state index < -0.39 is 0 Å².